The zero-order valence-electron chi connectivity index (χ0n) is 13.0. The Balaban J connectivity index is 0.000000647. The molecule has 2 aliphatic rings. The van der Waals surface area contributed by atoms with Crippen molar-refractivity contribution in [3.63, 3.8) is 0 Å². The fourth-order valence-electron chi connectivity index (χ4n) is 2.81. The standard InChI is InChI=1S/C15H19NO5.CH2O2/c17-6-10-3-1-9(2-4-10)5-13(19)16-11-7-20-15-12(18)8-21-14(11)15;2-1-3/h1-4,11-12,14-15,17-18H,5-8H2,(H,16,19);1H,(H,2,3)/t11-,12-,14-,15-;/m1./s1. The predicted molar refractivity (Wildman–Crippen MR) is 82.2 cm³/mol. The van der Waals surface area contributed by atoms with Crippen molar-refractivity contribution in [1.29, 1.82) is 0 Å². The van der Waals surface area contributed by atoms with Gasteiger partial charge >= 0.3 is 0 Å². The zero-order valence-corrected chi connectivity index (χ0v) is 13.0. The smallest absolute Gasteiger partial charge is 0.290 e. The molecule has 4 atom stereocenters. The monoisotopic (exact) mass is 339 g/mol. The van der Waals surface area contributed by atoms with Crippen LogP contribution < -0.4 is 5.32 Å². The van der Waals surface area contributed by atoms with Crippen LogP contribution in [0.4, 0.5) is 0 Å². The largest absolute Gasteiger partial charge is 0.483 e. The lowest BCUT2D eigenvalue weighted by Crippen LogP contribution is -2.44. The summed E-state index contributed by atoms with van der Waals surface area (Å²) >= 11 is 0. The van der Waals surface area contributed by atoms with Crippen LogP contribution in [0, 0.1) is 0 Å². The number of benzene rings is 1. The molecule has 2 aliphatic heterocycles. The van der Waals surface area contributed by atoms with Gasteiger partial charge in [-0.05, 0) is 11.1 Å². The van der Waals surface area contributed by atoms with E-state index >= 15 is 0 Å². The second-order valence-corrected chi connectivity index (χ2v) is 5.59. The first-order valence-electron chi connectivity index (χ1n) is 7.56. The molecule has 0 bridgehead atoms. The maximum absolute atomic E-state index is 12.1. The summed E-state index contributed by atoms with van der Waals surface area (Å²) < 4.78 is 10.9. The van der Waals surface area contributed by atoms with Crippen LogP contribution in [0.15, 0.2) is 24.3 Å². The molecule has 0 saturated carbocycles. The van der Waals surface area contributed by atoms with Gasteiger partial charge in [-0.25, -0.2) is 0 Å². The molecule has 8 heteroatoms. The van der Waals surface area contributed by atoms with E-state index < -0.39 is 6.10 Å². The number of hydrogen-bond acceptors (Lipinski definition) is 6. The summed E-state index contributed by atoms with van der Waals surface area (Å²) in [7, 11) is 0. The third-order valence-corrected chi connectivity index (χ3v) is 3.94. The molecule has 0 unspecified atom stereocenters. The summed E-state index contributed by atoms with van der Waals surface area (Å²) in [5.74, 6) is -0.106. The minimum Gasteiger partial charge on any atom is -0.483 e. The van der Waals surface area contributed by atoms with Gasteiger partial charge in [-0.15, -0.1) is 0 Å². The Morgan fingerprint density at radius 3 is 2.38 bits per heavy atom. The number of carbonyl (C=O) groups excluding carboxylic acids is 1. The van der Waals surface area contributed by atoms with Gasteiger partial charge in [-0.3, -0.25) is 9.59 Å². The molecule has 2 heterocycles. The molecule has 1 aromatic rings. The highest BCUT2D eigenvalue weighted by atomic mass is 16.6. The average molecular weight is 339 g/mol. The summed E-state index contributed by atoms with van der Waals surface area (Å²) in [4.78, 5) is 20.4. The summed E-state index contributed by atoms with van der Waals surface area (Å²) in [6, 6.07) is 7.04. The van der Waals surface area contributed by atoms with E-state index in [-0.39, 0.29) is 50.3 Å². The zero-order chi connectivity index (χ0) is 17.5. The quantitative estimate of drug-likeness (QED) is 0.522. The summed E-state index contributed by atoms with van der Waals surface area (Å²) in [5, 5.41) is 28.4. The lowest BCUT2D eigenvalue weighted by Gasteiger charge is -2.17. The van der Waals surface area contributed by atoms with Crippen molar-refractivity contribution in [2.24, 2.45) is 0 Å². The van der Waals surface area contributed by atoms with E-state index in [4.69, 9.17) is 24.5 Å². The second-order valence-electron chi connectivity index (χ2n) is 5.59. The van der Waals surface area contributed by atoms with E-state index in [0.29, 0.717) is 6.61 Å². The van der Waals surface area contributed by atoms with Crippen LogP contribution in [0.1, 0.15) is 11.1 Å². The van der Waals surface area contributed by atoms with Crippen LogP contribution in [0.5, 0.6) is 0 Å². The van der Waals surface area contributed by atoms with Crippen LogP contribution in [0.3, 0.4) is 0 Å². The summed E-state index contributed by atoms with van der Waals surface area (Å²) in [6.07, 6.45) is -0.940. The molecular formula is C16H21NO7. The molecular weight excluding hydrogens is 318 g/mol. The van der Waals surface area contributed by atoms with Gasteiger partial charge in [0.15, 0.2) is 0 Å². The minimum absolute atomic E-state index is 0.00533. The molecule has 2 saturated heterocycles. The Kier molecular flexibility index (Phi) is 6.68. The van der Waals surface area contributed by atoms with Gasteiger partial charge in [-0.2, -0.15) is 0 Å². The van der Waals surface area contributed by atoms with Crippen molar-refractivity contribution in [3.05, 3.63) is 35.4 Å². The van der Waals surface area contributed by atoms with Crippen molar-refractivity contribution in [2.45, 2.75) is 37.4 Å². The highest BCUT2D eigenvalue weighted by molar-refractivity contribution is 5.79. The SMILES string of the molecule is O=C(Cc1ccc(CO)cc1)N[C@@H]1CO[C@H]2[C@@H]1OC[C@H]2O.O=CO. The molecule has 132 valence electrons. The van der Waals surface area contributed by atoms with Gasteiger partial charge in [0.2, 0.25) is 5.91 Å². The molecule has 24 heavy (non-hydrogen) atoms. The number of ether oxygens (including phenoxy) is 2. The van der Waals surface area contributed by atoms with Crippen LogP contribution in [-0.4, -0.2) is 65.3 Å². The molecule has 0 spiro atoms. The minimum atomic E-state index is -0.608. The average Bonchev–Trinajstić information content (AvgIpc) is 3.13. The molecule has 0 aromatic heterocycles. The molecule has 0 radical (unpaired) electrons. The van der Waals surface area contributed by atoms with Gasteiger partial charge in [0, 0.05) is 0 Å². The lowest BCUT2D eigenvalue weighted by molar-refractivity contribution is -0.123. The van der Waals surface area contributed by atoms with Gasteiger partial charge in [0.1, 0.15) is 18.3 Å². The second kappa shape index (κ2) is 8.74. The lowest BCUT2D eigenvalue weighted by atomic mass is 10.1. The molecule has 1 aromatic carbocycles. The van der Waals surface area contributed by atoms with Crippen LogP contribution in [0.2, 0.25) is 0 Å². The number of aliphatic hydroxyl groups is 2. The Bertz CT molecular complexity index is 548. The van der Waals surface area contributed by atoms with Gasteiger partial charge < -0.3 is 30.1 Å². The topological polar surface area (TPSA) is 125 Å². The normalized spacial score (nSPS) is 27.8. The fourth-order valence-corrected chi connectivity index (χ4v) is 2.81. The van der Waals surface area contributed by atoms with E-state index in [1.54, 1.807) is 12.1 Å². The number of carboxylic acid groups (broad SMARTS) is 1. The fraction of sp³-hybridized carbons (Fsp3) is 0.500. The van der Waals surface area contributed by atoms with Crippen LogP contribution in [0.25, 0.3) is 0 Å². The highest BCUT2D eigenvalue weighted by Crippen LogP contribution is 2.26. The van der Waals surface area contributed by atoms with E-state index in [9.17, 15) is 9.90 Å². The molecule has 8 nitrogen and oxygen atoms in total. The molecule has 4 N–H and O–H groups in total. The van der Waals surface area contributed by atoms with E-state index in [1.165, 1.54) is 0 Å². The van der Waals surface area contributed by atoms with E-state index in [0.717, 1.165) is 11.1 Å². The highest BCUT2D eigenvalue weighted by Gasteiger charge is 2.47. The van der Waals surface area contributed by atoms with Gasteiger partial charge in [0.05, 0.1) is 32.3 Å². The summed E-state index contributed by atoms with van der Waals surface area (Å²) in [5.41, 5.74) is 1.70. The number of carbonyl (C=O) groups is 2. The predicted octanol–water partition coefficient (Wildman–Crippen LogP) is -0.934. The molecule has 1 amide bonds. The van der Waals surface area contributed by atoms with Crippen molar-refractivity contribution < 1.29 is 34.4 Å². The van der Waals surface area contributed by atoms with Crippen LogP contribution >= 0.6 is 0 Å². The van der Waals surface area contributed by atoms with Gasteiger partial charge in [-0.1, -0.05) is 24.3 Å². The molecule has 0 aliphatic carbocycles. The molecule has 3 rings (SSSR count). The number of rotatable bonds is 4. The Hall–Kier alpha value is -2.00. The van der Waals surface area contributed by atoms with E-state index in [1.807, 2.05) is 12.1 Å². The number of aliphatic hydroxyl groups excluding tert-OH is 2. The first-order valence-corrected chi connectivity index (χ1v) is 7.56. The van der Waals surface area contributed by atoms with Crippen molar-refractivity contribution in [1.82, 2.24) is 5.32 Å². The van der Waals surface area contributed by atoms with Crippen molar-refractivity contribution in [3.8, 4) is 0 Å². The van der Waals surface area contributed by atoms with Crippen molar-refractivity contribution in [2.75, 3.05) is 13.2 Å². The van der Waals surface area contributed by atoms with Crippen molar-refractivity contribution >= 4 is 12.4 Å². The third-order valence-electron chi connectivity index (χ3n) is 3.94. The first kappa shape index (κ1) is 18.3. The number of nitrogens with one attached hydrogen (secondary N) is 1. The first-order chi connectivity index (χ1) is 11.6. The maximum atomic E-state index is 12.1. The summed E-state index contributed by atoms with van der Waals surface area (Å²) in [6.45, 7) is 0.362. The Morgan fingerprint density at radius 1 is 1.17 bits per heavy atom. The Morgan fingerprint density at radius 2 is 1.75 bits per heavy atom. The number of amides is 1. The van der Waals surface area contributed by atoms with Crippen LogP contribution in [-0.2, 0) is 32.1 Å². The number of fused-ring (bicyclic) bond motifs is 1. The van der Waals surface area contributed by atoms with Gasteiger partial charge in [0.25, 0.3) is 6.47 Å². The maximum Gasteiger partial charge on any atom is 0.290 e. The third kappa shape index (κ3) is 4.51. The molecule has 2 fully saturated rings. The van der Waals surface area contributed by atoms with E-state index in [2.05, 4.69) is 5.32 Å². The number of hydrogen-bond donors (Lipinski definition) is 4. The Labute approximate surface area is 139 Å².